The predicted octanol–water partition coefficient (Wildman–Crippen LogP) is 2.33. The van der Waals surface area contributed by atoms with Gasteiger partial charge in [0.05, 0.1) is 5.69 Å². The largest absolute Gasteiger partial charge is 0.357 e. The fourth-order valence-electron chi connectivity index (χ4n) is 1.42. The van der Waals surface area contributed by atoms with E-state index in [2.05, 4.69) is 48.2 Å². The van der Waals surface area contributed by atoms with Crippen LogP contribution in [0.4, 0.5) is 23.5 Å². The van der Waals surface area contributed by atoms with E-state index in [1.165, 1.54) is 0 Å². The molecule has 2 N–H and O–H groups in total. The van der Waals surface area contributed by atoms with Crippen molar-refractivity contribution in [3.8, 4) is 0 Å². The van der Waals surface area contributed by atoms with E-state index >= 15 is 0 Å². The number of hydrogen-bond acceptors (Lipinski definition) is 6. The third-order valence-electron chi connectivity index (χ3n) is 2.37. The highest BCUT2D eigenvalue weighted by Crippen LogP contribution is 2.21. The van der Waals surface area contributed by atoms with Gasteiger partial charge in [-0.05, 0) is 34.7 Å². The molecule has 7 heteroatoms. The number of aromatic nitrogens is 3. The highest BCUT2D eigenvalue weighted by Gasteiger charge is 2.08. The summed E-state index contributed by atoms with van der Waals surface area (Å²) in [5.41, 5.74) is 0.973. The molecule has 1 aromatic heterocycles. The van der Waals surface area contributed by atoms with E-state index in [9.17, 15) is 0 Å². The molecule has 0 saturated heterocycles. The SMILES string of the molecule is CNc1nc(Nc2ccccc2I)nc(N(C)C)n1. The second-order valence-electron chi connectivity index (χ2n) is 4.03. The minimum absolute atomic E-state index is 0.521. The summed E-state index contributed by atoms with van der Waals surface area (Å²) in [6.45, 7) is 0. The molecule has 0 aliphatic rings. The molecule has 0 radical (unpaired) electrons. The van der Waals surface area contributed by atoms with Gasteiger partial charge in [-0.2, -0.15) is 15.0 Å². The first-order valence-electron chi connectivity index (χ1n) is 5.73. The van der Waals surface area contributed by atoms with Crippen LogP contribution in [0.3, 0.4) is 0 Å². The van der Waals surface area contributed by atoms with Crippen molar-refractivity contribution < 1.29 is 0 Å². The van der Waals surface area contributed by atoms with E-state index in [4.69, 9.17) is 0 Å². The van der Waals surface area contributed by atoms with E-state index in [1.807, 2.05) is 43.3 Å². The number of anilines is 4. The van der Waals surface area contributed by atoms with Crippen molar-refractivity contribution in [2.24, 2.45) is 0 Å². The van der Waals surface area contributed by atoms with Crippen LogP contribution in [0.15, 0.2) is 24.3 Å². The van der Waals surface area contributed by atoms with E-state index in [1.54, 1.807) is 7.05 Å². The number of para-hydroxylation sites is 1. The molecule has 0 unspecified atom stereocenters. The van der Waals surface area contributed by atoms with Crippen LogP contribution in [0.2, 0.25) is 0 Å². The molecule has 0 aliphatic heterocycles. The lowest BCUT2D eigenvalue weighted by molar-refractivity contribution is 0.963. The zero-order valence-electron chi connectivity index (χ0n) is 11.0. The van der Waals surface area contributed by atoms with Gasteiger partial charge >= 0.3 is 0 Å². The summed E-state index contributed by atoms with van der Waals surface area (Å²) < 4.78 is 1.11. The van der Waals surface area contributed by atoms with Crippen LogP contribution >= 0.6 is 22.6 Å². The van der Waals surface area contributed by atoms with Gasteiger partial charge in [-0.15, -0.1) is 0 Å². The second kappa shape index (κ2) is 6.00. The van der Waals surface area contributed by atoms with Gasteiger partial charge < -0.3 is 15.5 Å². The zero-order valence-corrected chi connectivity index (χ0v) is 13.1. The fraction of sp³-hybridized carbons (Fsp3) is 0.250. The van der Waals surface area contributed by atoms with Crippen LogP contribution in [-0.4, -0.2) is 36.1 Å². The summed E-state index contributed by atoms with van der Waals surface area (Å²) in [5, 5.41) is 6.14. The van der Waals surface area contributed by atoms with Crippen molar-refractivity contribution in [1.82, 2.24) is 15.0 Å². The van der Waals surface area contributed by atoms with Crippen LogP contribution in [0.1, 0.15) is 0 Å². The summed E-state index contributed by atoms with van der Waals surface area (Å²) in [4.78, 5) is 14.8. The van der Waals surface area contributed by atoms with Crippen LogP contribution in [0.5, 0.6) is 0 Å². The predicted molar refractivity (Wildman–Crippen MR) is 86.1 cm³/mol. The van der Waals surface area contributed by atoms with Gasteiger partial charge in [0.25, 0.3) is 0 Å². The minimum Gasteiger partial charge on any atom is -0.357 e. The lowest BCUT2D eigenvalue weighted by Crippen LogP contribution is -2.15. The van der Waals surface area contributed by atoms with Gasteiger partial charge in [-0.3, -0.25) is 0 Å². The molecule has 1 heterocycles. The number of halogens is 1. The molecular weight excluding hydrogens is 355 g/mol. The monoisotopic (exact) mass is 370 g/mol. The van der Waals surface area contributed by atoms with E-state index in [-0.39, 0.29) is 0 Å². The number of rotatable bonds is 4. The summed E-state index contributed by atoms with van der Waals surface area (Å²) in [7, 11) is 5.57. The van der Waals surface area contributed by atoms with Gasteiger partial charge in [-0.25, -0.2) is 0 Å². The van der Waals surface area contributed by atoms with Crippen LogP contribution in [0.25, 0.3) is 0 Å². The van der Waals surface area contributed by atoms with Crippen molar-refractivity contribution in [3.63, 3.8) is 0 Å². The lowest BCUT2D eigenvalue weighted by Gasteiger charge is -2.13. The number of hydrogen-bond donors (Lipinski definition) is 2. The number of nitrogens with one attached hydrogen (secondary N) is 2. The molecule has 0 fully saturated rings. The summed E-state index contributed by atoms with van der Waals surface area (Å²) in [5.74, 6) is 1.66. The van der Waals surface area contributed by atoms with Crippen LogP contribution in [0, 0.1) is 3.57 Å². The first-order valence-corrected chi connectivity index (χ1v) is 6.80. The third kappa shape index (κ3) is 3.43. The standard InChI is InChI=1S/C12H15IN6/c1-14-10-16-11(18-12(17-10)19(2)3)15-9-7-5-4-6-8(9)13/h4-7H,1-3H3,(H2,14,15,16,17,18). The van der Waals surface area contributed by atoms with Gasteiger partial charge in [0, 0.05) is 24.7 Å². The third-order valence-corrected chi connectivity index (χ3v) is 3.31. The molecule has 0 amide bonds. The molecule has 6 nitrogen and oxygen atoms in total. The van der Waals surface area contributed by atoms with Gasteiger partial charge in [0.15, 0.2) is 0 Å². The topological polar surface area (TPSA) is 66.0 Å². The molecule has 19 heavy (non-hydrogen) atoms. The maximum Gasteiger partial charge on any atom is 0.233 e. The Labute approximate surface area is 125 Å². The average molecular weight is 370 g/mol. The Hall–Kier alpha value is -1.64. The molecule has 2 rings (SSSR count). The Kier molecular flexibility index (Phi) is 4.35. The Morgan fingerprint density at radius 1 is 1.05 bits per heavy atom. The summed E-state index contributed by atoms with van der Waals surface area (Å²) in [6, 6.07) is 7.97. The van der Waals surface area contributed by atoms with Crippen molar-refractivity contribution in [2.75, 3.05) is 36.7 Å². The molecule has 100 valence electrons. The minimum atomic E-state index is 0.521. The highest BCUT2D eigenvalue weighted by atomic mass is 127. The van der Waals surface area contributed by atoms with Crippen molar-refractivity contribution >= 4 is 46.1 Å². The zero-order chi connectivity index (χ0) is 13.8. The Morgan fingerprint density at radius 3 is 2.37 bits per heavy atom. The second-order valence-corrected chi connectivity index (χ2v) is 5.19. The Bertz CT molecular complexity index is 572. The molecule has 0 spiro atoms. The molecule has 0 atom stereocenters. The summed E-state index contributed by atoms with van der Waals surface area (Å²) >= 11 is 2.27. The van der Waals surface area contributed by atoms with E-state index in [0.717, 1.165) is 9.26 Å². The maximum atomic E-state index is 4.37. The van der Waals surface area contributed by atoms with Crippen molar-refractivity contribution in [3.05, 3.63) is 27.8 Å². The molecular formula is C12H15IN6. The molecule has 0 bridgehead atoms. The van der Waals surface area contributed by atoms with Crippen molar-refractivity contribution in [2.45, 2.75) is 0 Å². The molecule has 0 saturated carbocycles. The Morgan fingerprint density at radius 2 is 1.74 bits per heavy atom. The first kappa shape index (κ1) is 13.8. The van der Waals surface area contributed by atoms with Gasteiger partial charge in [0.2, 0.25) is 17.8 Å². The molecule has 0 aliphatic carbocycles. The smallest absolute Gasteiger partial charge is 0.233 e. The average Bonchev–Trinajstić information content (AvgIpc) is 2.41. The first-order chi connectivity index (χ1) is 9.10. The van der Waals surface area contributed by atoms with Crippen molar-refractivity contribution in [1.29, 1.82) is 0 Å². The van der Waals surface area contributed by atoms with Gasteiger partial charge in [0.1, 0.15) is 0 Å². The normalized spacial score (nSPS) is 10.1. The maximum absolute atomic E-state index is 4.37. The molecule has 1 aromatic carbocycles. The lowest BCUT2D eigenvalue weighted by atomic mass is 10.3. The van der Waals surface area contributed by atoms with Crippen LogP contribution < -0.4 is 15.5 Å². The van der Waals surface area contributed by atoms with E-state index < -0.39 is 0 Å². The fourth-order valence-corrected chi connectivity index (χ4v) is 1.94. The summed E-state index contributed by atoms with van der Waals surface area (Å²) in [6.07, 6.45) is 0. The Balaban J connectivity index is 2.34. The van der Waals surface area contributed by atoms with Crippen LogP contribution in [-0.2, 0) is 0 Å². The quantitative estimate of drug-likeness (QED) is 0.806. The highest BCUT2D eigenvalue weighted by molar-refractivity contribution is 14.1. The molecule has 2 aromatic rings. The number of nitrogens with zero attached hydrogens (tertiary/aromatic N) is 4. The number of benzene rings is 1. The van der Waals surface area contributed by atoms with Gasteiger partial charge in [-0.1, -0.05) is 12.1 Å². The van der Waals surface area contributed by atoms with E-state index in [0.29, 0.717) is 17.8 Å².